The fourth-order valence-corrected chi connectivity index (χ4v) is 3.71. The average molecular weight is 515 g/mol. The lowest BCUT2D eigenvalue weighted by atomic mass is 10.1. The van der Waals surface area contributed by atoms with Crippen LogP contribution < -0.4 is 9.64 Å². The average Bonchev–Trinajstić information content (AvgIpc) is 3.51. The molecule has 0 spiro atoms. The molecular formula is C34H34N4O. The molecule has 39 heavy (non-hydrogen) atoms. The van der Waals surface area contributed by atoms with Gasteiger partial charge in [0.05, 0.1) is 29.0 Å². The van der Waals surface area contributed by atoms with E-state index >= 15 is 0 Å². The second kappa shape index (κ2) is 14.5. The zero-order valence-electron chi connectivity index (χ0n) is 22.6. The lowest BCUT2D eigenvalue weighted by Crippen LogP contribution is -2.24. The van der Waals surface area contributed by atoms with Gasteiger partial charge in [-0.05, 0) is 50.3 Å². The van der Waals surface area contributed by atoms with Gasteiger partial charge in [-0.15, -0.1) is 5.10 Å². The molecule has 1 aromatic heterocycles. The van der Waals surface area contributed by atoms with E-state index < -0.39 is 0 Å². The van der Waals surface area contributed by atoms with Crippen molar-refractivity contribution in [2.75, 3.05) is 4.90 Å². The lowest BCUT2D eigenvalue weighted by Gasteiger charge is -2.34. The fraction of sp³-hybridized carbons (Fsp3) is 0.0588. The summed E-state index contributed by atoms with van der Waals surface area (Å²) in [5.74, 6) is 1.40. The van der Waals surface area contributed by atoms with E-state index in [4.69, 9.17) is 4.74 Å². The van der Waals surface area contributed by atoms with Crippen LogP contribution in [-0.2, 0) is 0 Å². The molecule has 0 aliphatic carbocycles. The predicted molar refractivity (Wildman–Crippen MR) is 164 cm³/mol. The highest BCUT2D eigenvalue weighted by atomic mass is 16.5. The molecule has 0 fully saturated rings. The van der Waals surface area contributed by atoms with Crippen LogP contribution >= 0.6 is 0 Å². The summed E-state index contributed by atoms with van der Waals surface area (Å²) in [4.78, 5) is 2.11. The van der Waals surface area contributed by atoms with E-state index in [0.29, 0.717) is 5.76 Å². The zero-order chi connectivity index (χ0) is 28.0. The fourth-order valence-electron chi connectivity index (χ4n) is 3.71. The molecule has 4 aromatic rings. The van der Waals surface area contributed by atoms with E-state index in [1.165, 1.54) is 0 Å². The quantitative estimate of drug-likeness (QED) is 0.190. The molecule has 5 rings (SSSR count). The molecule has 0 saturated carbocycles. The van der Waals surface area contributed by atoms with Crippen molar-refractivity contribution in [1.29, 1.82) is 0 Å². The molecule has 0 N–H and O–H groups in total. The Morgan fingerprint density at radius 1 is 0.692 bits per heavy atom. The third-order valence-electron chi connectivity index (χ3n) is 5.63. The summed E-state index contributed by atoms with van der Waals surface area (Å²) >= 11 is 0. The highest BCUT2D eigenvalue weighted by Gasteiger charge is 2.27. The van der Waals surface area contributed by atoms with Crippen LogP contribution in [0.25, 0.3) is 16.9 Å². The maximum absolute atomic E-state index is 6.06. The largest absolute Gasteiger partial charge is 0.453 e. The second-order valence-electron chi connectivity index (χ2n) is 8.10. The Kier molecular flexibility index (Phi) is 10.6. The van der Waals surface area contributed by atoms with Crippen molar-refractivity contribution in [3.8, 4) is 22.7 Å². The number of anilines is 2. The van der Waals surface area contributed by atoms with Gasteiger partial charge in [0, 0.05) is 5.56 Å². The van der Waals surface area contributed by atoms with Gasteiger partial charge in [-0.2, -0.15) is 0 Å². The van der Waals surface area contributed by atoms with Gasteiger partial charge in [0.25, 0.3) is 0 Å². The van der Waals surface area contributed by atoms with Gasteiger partial charge in [-0.3, -0.25) is 0 Å². The van der Waals surface area contributed by atoms with Crippen molar-refractivity contribution in [3.05, 3.63) is 159 Å². The van der Waals surface area contributed by atoms with E-state index in [1.54, 1.807) is 29.0 Å². The molecule has 5 nitrogen and oxygen atoms in total. The Morgan fingerprint density at radius 2 is 1.28 bits per heavy atom. The molecule has 0 radical (unpaired) electrons. The highest BCUT2D eigenvalue weighted by Crippen LogP contribution is 2.44. The molecule has 2 heterocycles. The van der Waals surface area contributed by atoms with E-state index in [-0.39, 0.29) is 0 Å². The van der Waals surface area contributed by atoms with E-state index in [1.807, 2.05) is 111 Å². The van der Waals surface area contributed by atoms with Crippen LogP contribution in [-0.4, -0.2) is 15.0 Å². The van der Waals surface area contributed by atoms with Crippen LogP contribution in [0, 0.1) is 0 Å². The van der Waals surface area contributed by atoms with Gasteiger partial charge in [-0.25, -0.2) is 4.68 Å². The summed E-state index contributed by atoms with van der Waals surface area (Å²) in [5, 5.41) is 8.80. The van der Waals surface area contributed by atoms with Crippen molar-refractivity contribution < 1.29 is 4.74 Å². The van der Waals surface area contributed by atoms with Crippen molar-refractivity contribution in [2.24, 2.45) is 0 Å². The van der Waals surface area contributed by atoms with E-state index in [2.05, 4.69) is 41.5 Å². The molecule has 1 aliphatic heterocycles. The third-order valence-corrected chi connectivity index (χ3v) is 5.63. The number of fused-ring (bicyclic) bond motifs is 1. The summed E-state index contributed by atoms with van der Waals surface area (Å²) < 4.78 is 7.85. The first kappa shape index (κ1) is 28.4. The van der Waals surface area contributed by atoms with Gasteiger partial charge in [0.2, 0.25) is 0 Å². The van der Waals surface area contributed by atoms with Crippen LogP contribution in [0.4, 0.5) is 11.4 Å². The number of rotatable bonds is 6. The number of nitrogens with zero attached hydrogens (tertiary/aromatic N) is 4. The van der Waals surface area contributed by atoms with Crippen molar-refractivity contribution >= 4 is 11.4 Å². The Hall–Kier alpha value is -5.16. The minimum absolute atomic E-state index is 0.645. The number of hydrogen-bond donors (Lipinski definition) is 0. The van der Waals surface area contributed by atoms with Gasteiger partial charge >= 0.3 is 0 Å². The highest BCUT2D eigenvalue weighted by molar-refractivity contribution is 5.82. The molecule has 0 amide bonds. The Morgan fingerprint density at radius 3 is 1.87 bits per heavy atom. The lowest BCUT2D eigenvalue weighted by molar-refractivity contribution is 0.431. The van der Waals surface area contributed by atoms with E-state index in [9.17, 15) is 0 Å². The summed E-state index contributed by atoms with van der Waals surface area (Å²) in [6.45, 7) is 18.7. The minimum Gasteiger partial charge on any atom is -0.453 e. The second-order valence-corrected chi connectivity index (χ2v) is 8.10. The molecule has 196 valence electrons. The molecule has 1 aliphatic rings. The Bertz CT molecular complexity index is 1470. The predicted octanol–water partition coefficient (Wildman–Crippen LogP) is 8.99. The molecule has 0 saturated heterocycles. The van der Waals surface area contributed by atoms with Gasteiger partial charge in [0.1, 0.15) is 5.69 Å². The van der Waals surface area contributed by atoms with Gasteiger partial charge < -0.3 is 9.64 Å². The summed E-state index contributed by atoms with van der Waals surface area (Å²) in [6.07, 6.45) is 12.7. The molecule has 5 heteroatoms. The van der Waals surface area contributed by atoms with Crippen LogP contribution in [0.2, 0.25) is 0 Å². The standard InChI is InChI=1S/C26H20N4O.C4H8.C4H6/c1-3-21-25(4-2)31-26-17-11-10-16-24(26)30(21)23-15-9-8-14-22(23)29-18-20(27-28-29)19-12-6-5-7-13-19;2*1-3-4-2/h3-18H,1-2H2;3-4H,1-2H3;3-4H,1-2H2/b;4-3-;. The first-order valence-corrected chi connectivity index (χ1v) is 12.6. The summed E-state index contributed by atoms with van der Waals surface area (Å²) in [7, 11) is 0. The third kappa shape index (κ3) is 6.79. The topological polar surface area (TPSA) is 43.2 Å². The SMILES string of the molecule is C/C=C\C.C=CC1=C(C=C)N(c2ccccc2-n2cc(-c3ccccc3)nn2)c2ccccc2O1.C=CC=C. The van der Waals surface area contributed by atoms with E-state index in [0.717, 1.165) is 39.8 Å². The summed E-state index contributed by atoms with van der Waals surface area (Å²) in [5.41, 5.74) is 5.37. The van der Waals surface area contributed by atoms with Crippen LogP contribution in [0.3, 0.4) is 0 Å². The van der Waals surface area contributed by atoms with Gasteiger partial charge in [-0.1, -0.05) is 110 Å². The molecule has 3 aromatic carbocycles. The van der Waals surface area contributed by atoms with Crippen LogP contribution in [0.5, 0.6) is 5.75 Å². The number of hydrogen-bond acceptors (Lipinski definition) is 4. The maximum atomic E-state index is 6.06. The first-order valence-electron chi connectivity index (χ1n) is 12.6. The molecular weight excluding hydrogens is 480 g/mol. The molecule has 0 unspecified atom stereocenters. The van der Waals surface area contributed by atoms with Crippen LogP contribution in [0.15, 0.2) is 159 Å². The Labute approximate surface area is 231 Å². The minimum atomic E-state index is 0.645. The zero-order valence-corrected chi connectivity index (χ0v) is 22.6. The molecule has 0 atom stereocenters. The number of ether oxygens (including phenoxy) is 1. The molecule has 0 bridgehead atoms. The number of allylic oxidation sites excluding steroid dienone is 6. The number of benzene rings is 3. The maximum Gasteiger partial charge on any atom is 0.151 e. The van der Waals surface area contributed by atoms with Crippen molar-refractivity contribution in [2.45, 2.75) is 13.8 Å². The smallest absolute Gasteiger partial charge is 0.151 e. The summed E-state index contributed by atoms with van der Waals surface area (Å²) in [6, 6.07) is 26.0. The number of aromatic nitrogens is 3. The normalized spacial score (nSPS) is 11.7. The van der Waals surface area contributed by atoms with Crippen LogP contribution in [0.1, 0.15) is 13.8 Å². The first-order chi connectivity index (χ1) is 19.1. The monoisotopic (exact) mass is 514 g/mol. The van der Waals surface area contributed by atoms with Crippen molar-refractivity contribution in [3.63, 3.8) is 0 Å². The Balaban J connectivity index is 0.000000466. The van der Waals surface area contributed by atoms with Gasteiger partial charge in [0.15, 0.2) is 11.5 Å². The number of para-hydroxylation sites is 4. The van der Waals surface area contributed by atoms with Crippen molar-refractivity contribution in [1.82, 2.24) is 15.0 Å².